The molecule has 0 saturated heterocycles. The van der Waals surface area contributed by atoms with Crippen LogP contribution in [0.2, 0.25) is 0 Å². The maximum Gasteiger partial charge on any atom is 0.0788 e. The van der Waals surface area contributed by atoms with Gasteiger partial charge >= 0.3 is 0 Å². The molecule has 136 heavy (non-hydrogen) atoms. The number of aromatic nitrogens is 4. The zero-order valence-electron chi connectivity index (χ0n) is 76.3. The highest BCUT2D eigenvalue weighted by molar-refractivity contribution is 6.25. The van der Waals surface area contributed by atoms with E-state index >= 15 is 0 Å². The van der Waals surface area contributed by atoms with Gasteiger partial charge in [0, 0.05) is 66.8 Å². The van der Waals surface area contributed by atoms with E-state index in [0.717, 1.165) is 118 Å². The Morgan fingerprint density at radius 2 is 0.346 bits per heavy atom. The predicted octanol–water partition coefficient (Wildman–Crippen LogP) is 35.8. The van der Waals surface area contributed by atoms with Crippen molar-refractivity contribution in [2.45, 2.75) is 27.7 Å². The molecule has 4 heteroatoms. The number of hydrogen-bond donors (Lipinski definition) is 0. The Hall–Kier alpha value is -17.4. The Balaban J connectivity index is 0.000000111. The molecule has 4 aromatic heterocycles. The molecule has 644 valence electrons. The molecule has 4 heterocycles. The second-order valence-electron chi connectivity index (χ2n) is 34.6. The monoisotopic (exact) mass is 1740 g/mol. The number of benzene rings is 20. The first-order chi connectivity index (χ1) is 67.2. The lowest BCUT2D eigenvalue weighted by molar-refractivity contribution is 1.32. The van der Waals surface area contributed by atoms with Crippen LogP contribution in [0.15, 0.2) is 510 Å². The molecule has 0 N–H and O–H groups in total. The molecule has 0 unspecified atom stereocenters. The minimum absolute atomic E-state index is 0.972. The Morgan fingerprint density at radius 1 is 0.125 bits per heavy atom. The number of rotatable bonds is 14. The average Bonchev–Trinajstić information content (AvgIpc) is 0.719. The van der Waals surface area contributed by atoms with Crippen LogP contribution in [0.3, 0.4) is 0 Å². The van der Waals surface area contributed by atoms with Crippen molar-refractivity contribution in [3.05, 3.63) is 532 Å². The molecule has 0 aliphatic rings. The van der Waals surface area contributed by atoms with Crippen LogP contribution in [-0.4, -0.2) is 19.9 Å². The lowest BCUT2D eigenvalue weighted by Crippen LogP contribution is -1.96. The van der Waals surface area contributed by atoms with Gasteiger partial charge in [-0.25, -0.2) is 19.9 Å². The highest BCUT2D eigenvalue weighted by Gasteiger charge is 2.24. The molecular formula is C132H96N4. The lowest BCUT2D eigenvalue weighted by Gasteiger charge is -2.21. The predicted molar refractivity (Wildman–Crippen MR) is 577 cm³/mol. The van der Waals surface area contributed by atoms with Gasteiger partial charge in [-0.3, -0.25) is 0 Å². The SMILES string of the molecule is Cc1c2ccccc2c(-c2ccc(-c3ccc(-c4ccccc4)nc3-c3ccccc3)cc2)c2ccccc12.Cc1ccc(-c2c3ccccc3c(-c3ccc(-c4ccccc4)nc3-c3ccccc3)c3ccccc23)c2ccccc12.Cc1ccc(-c2ccc(-c3ccccc3)nc2-c2ccccc2)c2ccccc12.Cc1ccc(-c2ccc(-c3ccccc3)nc2-c2ccccc2)cc1. The summed E-state index contributed by atoms with van der Waals surface area (Å²) in [5, 5.41) is 15.3. The second kappa shape index (κ2) is 38.9. The molecule has 20 aromatic carbocycles. The third-order valence-electron chi connectivity index (χ3n) is 26.1. The Morgan fingerprint density at radius 3 is 0.684 bits per heavy atom. The van der Waals surface area contributed by atoms with Gasteiger partial charge in [-0.15, -0.1) is 0 Å². The van der Waals surface area contributed by atoms with Crippen LogP contribution in [0.4, 0.5) is 0 Å². The third kappa shape index (κ3) is 17.5. The van der Waals surface area contributed by atoms with Gasteiger partial charge in [0.25, 0.3) is 0 Å². The zero-order valence-corrected chi connectivity index (χ0v) is 76.3. The Labute approximate surface area is 795 Å². The summed E-state index contributed by atoms with van der Waals surface area (Å²) in [7, 11) is 0. The largest absolute Gasteiger partial charge is 0.247 e. The number of hydrogen-bond acceptors (Lipinski definition) is 4. The molecule has 0 spiro atoms. The molecule has 24 rings (SSSR count). The summed E-state index contributed by atoms with van der Waals surface area (Å²) in [5.74, 6) is 0. The van der Waals surface area contributed by atoms with Gasteiger partial charge in [0.1, 0.15) is 0 Å². The van der Waals surface area contributed by atoms with E-state index < -0.39 is 0 Å². The van der Waals surface area contributed by atoms with E-state index in [2.05, 4.69) is 489 Å². The maximum atomic E-state index is 5.33. The van der Waals surface area contributed by atoms with Gasteiger partial charge in [0.15, 0.2) is 0 Å². The number of aryl methyl sites for hydroxylation is 4. The van der Waals surface area contributed by atoms with Crippen LogP contribution in [0.25, 0.3) is 221 Å². The van der Waals surface area contributed by atoms with E-state index in [4.69, 9.17) is 19.9 Å². The van der Waals surface area contributed by atoms with Crippen molar-refractivity contribution in [1.29, 1.82) is 0 Å². The summed E-state index contributed by atoms with van der Waals surface area (Å²) in [4.78, 5) is 20.6. The minimum Gasteiger partial charge on any atom is -0.247 e. The molecule has 0 aliphatic carbocycles. The van der Waals surface area contributed by atoms with E-state index in [1.165, 1.54) is 126 Å². The molecule has 0 saturated carbocycles. The van der Waals surface area contributed by atoms with Crippen LogP contribution >= 0.6 is 0 Å². The van der Waals surface area contributed by atoms with Gasteiger partial charge < -0.3 is 0 Å². The van der Waals surface area contributed by atoms with Gasteiger partial charge in [-0.2, -0.15) is 0 Å². The van der Waals surface area contributed by atoms with Crippen molar-refractivity contribution in [1.82, 2.24) is 19.9 Å². The van der Waals surface area contributed by atoms with Gasteiger partial charge in [-0.1, -0.05) is 479 Å². The fourth-order valence-corrected chi connectivity index (χ4v) is 19.3. The molecule has 0 fully saturated rings. The van der Waals surface area contributed by atoms with Crippen LogP contribution in [0.1, 0.15) is 22.3 Å². The van der Waals surface area contributed by atoms with E-state index in [1.807, 2.05) is 48.5 Å². The van der Waals surface area contributed by atoms with Crippen LogP contribution in [0, 0.1) is 27.7 Å². The van der Waals surface area contributed by atoms with Crippen molar-refractivity contribution >= 4 is 64.6 Å². The van der Waals surface area contributed by atoms with E-state index in [0.29, 0.717) is 0 Å². The standard InChI is InChI=1S/C42H29N.C38H27N.C28H21N.C24H19N/c1-28-24-25-37(32-19-9-8-18-31(28)32)40-33-20-10-12-22-35(33)41(36-23-13-11-21-34(36)40)38-26-27-39(29-14-4-2-5-15-29)43-42(38)30-16-6-3-7-17-30;1-26-31-16-8-10-18-34(31)37(35-19-11-9-17-32(26)35)29-22-20-27(21-23-29)33-24-25-36(28-12-4-2-5-13-28)39-38(33)30-14-6-3-7-15-30;1-20-16-17-25(24-15-9-8-14-23(20)24)26-18-19-27(21-10-4-2-5-11-21)29-28(26)22-12-6-3-7-13-22;1-18-12-14-19(15-13-18)22-16-17-23(20-8-4-2-5-9-20)25-24(22)21-10-6-3-7-11-21/h2-27H,1H3;2-25H,1H3;2-19H,1H3;2-17H,1H3. The van der Waals surface area contributed by atoms with Crippen molar-refractivity contribution in [3.8, 4) is 157 Å². The average molecular weight is 1740 g/mol. The topological polar surface area (TPSA) is 51.6 Å². The molecule has 0 bridgehead atoms. The molecule has 0 aliphatic heterocycles. The highest BCUT2D eigenvalue weighted by Crippen LogP contribution is 2.50. The van der Waals surface area contributed by atoms with Crippen molar-refractivity contribution < 1.29 is 0 Å². The highest BCUT2D eigenvalue weighted by atomic mass is 14.7. The van der Waals surface area contributed by atoms with Gasteiger partial charge in [0.05, 0.1) is 45.6 Å². The normalized spacial score (nSPS) is 11.1. The zero-order chi connectivity index (χ0) is 91.6. The minimum atomic E-state index is 0.972. The first-order valence-electron chi connectivity index (χ1n) is 46.6. The quantitative estimate of drug-likeness (QED) is 0.102. The molecule has 0 radical (unpaired) electrons. The first-order valence-corrected chi connectivity index (χ1v) is 46.6. The van der Waals surface area contributed by atoms with Crippen LogP contribution < -0.4 is 0 Å². The summed E-state index contributed by atoms with van der Waals surface area (Å²) in [5.41, 5.74) is 36.6. The van der Waals surface area contributed by atoms with Crippen LogP contribution in [-0.2, 0) is 0 Å². The third-order valence-corrected chi connectivity index (χ3v) is 26.1. The first kappa shape index (κ1) is 85.3. The smallest absolute Gasteiger partial charge is 0.0788 e. The Bertz CT molecular complexity index is 8310. The van der Waals surface area contributed by atoms with Crippen molar-refractivity contribution in [2.75, 3.05) is 0 Å². The van der Waals surface area contributed by atoms with Gasteiger partial charge in [0.2, 0.25) is 0 Å². The number of nitrogens with zero attached hydrogens (tertiary/aromatic N) is 4. The summed E-state index contributed by atoms with van der Waals surface area (Å²) in [6, 6.07) is 180. The summed E-state index contributed by atoms with van der Waals surface area (Å²) in [6.45, 7) is 8.71. The van der Waals surface area contributed by atoms with E-state index in [9.17, 15) is 0 Å². The fourth-order valence-electron chi connectivity index (χ4n) is 19.3. The number of pyridine rings is 4. The second-order valence-corrected chi connectivity index (χ2v) is 34.6. The van der Waals surface area contributed by atoms with Crippen LogP contribution in [0.5, 0.6) is 0 Å². The molecular weight excluding hydrogens is 1640 g/mol. The molecule has 24 aromatic rings. The van der Waals surface area contributed by atoms with Gasteiger partial charge in [-0.05, 0) is 190 Å². The Kier molecular flexibility index (Phi) is 24.4. The summed E-state index contributed by atoms with van der Waals surface area (Å²) < 4.78 is 0. The maximum absolute atomic E-state index is 5.33. The van der Waals surface area contributed by atoms with Crippen molar-refractivity contribution in [3.63, 3.8) is 0 Å². The van der Waals surface area contributed by atoms with Crippen molar-refractivity contribution in [2.24, 2.45) is 0 Å². The number of fused-ring (bicyclic) bond motifs is 6. The molecule has 4 nitrogen and oxygen atoms in total. The fraction of sp³-hybridized carbons (Fsp3) is 0.0303. The van der Waals surface area contributed by atoms with E-state index in [1.54, 1.807) is 0 Å². The lowest BCUT2D eigenvalue weighted by atomic mass is 9.83. The summed E-state index contributed by atoms with van der Waals surface area (Å²) in [6.07, 6.45) is 0. The molecule has 0 amide bonds. The van der Waals surface area contributed by atoms with E-state index in [-0.39, 0.29) is 0 Å². The summed E-state index contributed by atoms with van der Waals surface area (Å²) >= 11 is 0. The molecule has 0 atom stereocenters.